The number of phosphoric ester groups is 1. The molecule has 5 nitrogen and oxygen atoms in total. The van der Waals surface area contributed by atoms with E-state index in [4.69, 9.17) is 9.26 Å². The minimum atomic E-state index is -4.61. The van der Waals surface area contributed by atoms with Crippen molar-refractivity contribution in [3.63, 3.8) is 0 Å². The van der Waals surface area contributed by atoms with E-state index in [1.54, 1.807) is 0 Å². The van der Waals surface area contributed by atoms with Crippen molar-refractivity contribution in [2.75, 3.05) is 0 Å². The average Bonchev–Trinajstić information content (AvgIpc) is 2.74. The maximum atomic E-state index is 11.5. The van der Waals surface area contributed by atoms with Crippen LogP contribution in [-0.2, 0) is 11.0 Å². The first-order chi connectivity index (χ1) is 16.2. The van der Waals surface area contributed by atoms with Crippen LogP contribution in [0.3, 0.4) is 0 Å². The number of hydrogen-bond donors (Lipinski definition) is 2. The molecule has 0 aliphatic carbocycles. The second-order valence-corrected chi connectivity index (χ2v) is 13.2. The van der Waals surface area contributed by atoms with Crippen LogP contribution in [0.4, 0.5) is 0 Å². The fourth-order valence-corrected chi connectivity index (χ4v) is 6.03. The lowest BCUT2D eigenvalue weighted by Crippen LogP contribution is -2.37. The predicted octanol–water partition coefficient (Wildman–Crippen LogP) is 8.61. The lowest BCUT2D eigenvalue weighted by molar-refractivity contribution is 0.0512. The Balaban J connectivity index is 1.85. The first-order valence-electron chi connectivity index (χ1n) is 13.8. The Labute approximate surface area is 214 Å². The minimum absolute atomic E-state index is 0.201. The summed E-state index contributed by atoms with van der Waals surface area (Å²) in [5, 5.41) is 0. The van der Waals surface area contributed by atoms with E-state index < -0.39 is 7.82 Å². The van der Waals surface area contributed by atoms with Gasteiger partial charge in [-0.2, -0.15) is 0 Å². The molecule has 0 amide bonds. The van der Waals surface area contributed by atoms with Gasteiger partial charge in [-0.25, -0.2) is 4.57 Å². The zero-order chi connectivity index (χ0) is 26.4. The van der Waals surface area contributed by atoms with Gasteiger partial charge in [-0.05, 0) is 87.8 Å². The smallest absolute Gasteiger partial charge is 0.487 e. The number of fused-ring (bicyclic) bond motifs is 1. The molecule has 202 valence electrons. The fourth-order valence-electron chi connectivity index (χ4n) is 5.52. The molecule has 0 bridgehead atoms. The van der Waals surface area contributed by atoms with Gasteiger partial charge in [-0.1, -0.05) is 72.6 Å². The van der Waals surface area contributed by atoms with Crippen molar-refractivity contribution in [2.24, 2.45) is 17.8 Å². The van der Waals surface area contributed by atoms with Crippen LogP contribution in [0.25, 0.3) is 0 Å². The van der Waals surface area contributed by atoms with Crippen molar-refractivity contribution >= 4 is 7.82 Å². The van der Waals surface area contributed by atoms with E-state index in [-0.39, 0.29) is 5.60 Å². The maximum Gasteiger partial charge on any atom is 0.524 e. The standard InChI is InChI=1S/C29H51O5P/c1-20(2)12-9-13-21(3)14-10-15-22(4)16-11-18-29(8)19-17-26-25(7)27(34-35(30,31)32)23(5)24(6)28(26)33-29/h20-22H,9-19H2,1-8H3,(H2,30,31,32). The van der Waals surface area contributed by atoms with Crippen LogP contribution in [0, 0.1) is 38.5 Å². The number of phosphoric acid groups is 1. The van der Waals surface area contributed by atoms with Crippen molar-refractivity contribution in [1.29, 1.82) is 0 Å². The van der Waals surface area contributed by atoms with E-state index in [1.165, 1.54) is 44.9 Å². The van der Waals surface area contributed by atoms with Gasteiger partial charge in [-0.3, -0.25) is 9.79 Å². The van der Waals surface area contributed by atoms with Crippen LogP contribution < -0.4 is 9.26 Å². The first-order valence-corrected chi connectivity index (χ1v) is 15.3. The quantitative estimate of drug-likeness (QED) is 0.245. The number of benzene rings is 1. The molecule has 6 heteroatoms. The average molecular weight is 511 g/mol. The SMILES string of the molecule is Cc1c(C)c2c(c(C)c1OP(=O)(O)O)CCC(C)(CCCC(C)CCCC(C)CCCC(C)C)O2. The molecule has 3 atom stereocenters. The van der Waals surface area contributed by atoms with Crippen molar-refractivity contribution in [1.82, 2.24) is 0 Å². The molecule has 1 aliphatic rings. The summed E-state index contributed by atoms with van der Waals surface area (Å²) in [7, 11) is -4.61. The fraction of sp³-hybridized carbons (Fsp3) is 0.793. The molecule has 3 unspecified atom stereocenters. The van der Waals surface area contributed by atoms with E-state index >= 15 is 0 Å². The number of rotatable bonds is 14. The molecule has 1 aromatic rings. The van der Waals surface area contributed by atoms with Crippen LogP contribution in [0.1, 0.15) is 121 Å². The summed E-state index contributed by atoms with van der Waals surface area (Å²) in [6.07, 6.45) is 13.3. The van der Waals surface area contributed by atoms with Gasteiger partial charge in [0.05, 0.1) is 0 Å². The Morgan fingerprint density at radius 3 is 1.97 bits per heavy atom. The summed E-state index contributed by atoms with van der Waals surface area (Å²) >= 11 is 0. The van der Waals surface area contributed by atoms with E-state index in [0.717, 1.165) is 71.4 Å². The molecule has 0 fully saturated rings. The zero-order valence-electron chi connectivity index (χ0n) is 23.6. The van der Waals surface area contributed by atoms with Crippen LogP contribution in [-0.4, -0.2) is 15.4 Å². The zero-order valence-corrected chi connectivity index (χ0v) is 24.5. The highest BCUT2D eigenvalue weighted by Crippen LogP contribution is 2.48. The van der Waals surface area contributed by atoms with Crippen LogP contribution in [0.2, 0.25) is 0 Å². The normalized spacial score (nSPS) is 19.9. The van der Waals surface area contributed by atoms with E-state index in [2.05, 4.69) is 34.6 Å². The lowest BCUT2D eigenvalue weighted by atomic mass is 9.84. The van der Waals surface area contributed by atoms with Gasteiger partial charge >= 0.3 is 7.82 Å². The van der Waals surface area contributed by atoms with Crippen LogP contribution >= 0.6 is 7.82 Å². The molecule has 0 aromatic heterocycles. The summed E-state index contributed by atoms with van der Waals surface area (Å²) in [4.78, 5) is 18.7. The van der Waals surface area contributed by atoms with Gasteiger partial charge in [0, 0.05) is 5.56 Å². The minimum Gasteiger partial charge on any atom is -0.487 e. The van der Waals surface area contributed by atoms with Gasteiger partial charge in [-0.15, -0.1) is 0 Å². The predicted molar refractivity (Wildman–Crippen MR) is 145 cm³/mol. The molecule has 35 heavy (non-hydrogen) atoms. The Bertz CT molecular complexity index is 875. The first kappa shape index (κ1) is 30.2. The molecule has 1 heterocycles. The summed E-state index contributed by atoms with van der Waals surface area (Å²) in [5.41, 5.74) is 3.24. The van der Waals surface area contributed by atoms with Crippen molar-refractivity contribution in [3.8, 4) is 11.5 Å². The number of ether oxygens (including phenoxy) is 1. The topological polar surface area (TPSA) is 76.0 Å². The van der Waals surface area contributed by atoms with E-state index in [1.807, 2.05) is 20.8 Å². The lowest BCUT2D eigenvalue weighted by Gasteiger charge is -2.38. The molecular formula is C29H51O5P. The van der Waals surface area contributed by atoms with Gasteiger partial charge in [0.15, 0.2) is 0 Å². The van der Waals surface area contributed by atoms with E-state index in [9.17, 15) is 14.4 Å². The highest BCUT2D eigenvalue weighted by Gasteiger charge is 2.35. The maximum absolute atomic E-state index is 11.5. The van der Waals surface area contributed by atoms with Crippen LogP contribution in [0.5, 0.6) is 11.5 Å². The monoisotopic (exact) mass is 510 g/mol. The molecule has 1 aromatic carbocycles. The Kier molecular flexibility index (Phi) is 11.2. The van der Waals surface area contributed by atoms with E-state index in [0.29, 0.717) is 5.75 Å². The summed E-state index contributed by atoms with van der Waals surface area (Å²) in [6, 6.07) is 0. The Hall–Kier alpha value is -1.03. The third kappa shape index (κ3) is 9.41. The van der Waals surface area contributed by atoms with Gasteiger partial charge in [0.25, 0.3) is 0 Å². The highest BCUT2D eigenvalue weighted by atomic mass is 31.2. The Morgan fingerprint density at radius 2 is 1.43 bits per heavy atom. The molecule has 0 saturated carbocycles. The van der Waals surface area contributed by atoms with Crippen molar-refractivity contribution in [3.05, 3.63) is 22.3 Å². The molecule has 0 radical (unpaired) electrons. The molecular weight excluding hydrogens is 459 g/mol. The van der Waals surface area contributed by atoms with Crippen LogP contribution in [0.15, 0.2) is 0 Å². The molecule has 0 saturated heterocycles. The molecule has 2 rings (SSSR count). The summed E-state index contributed by atoms with van der Waals surface area (Å²) in [6.45, 7) is 17.3. The summed E-state index contributed by atoms with van der Waals surface area (Å²) in [5.74, 6) is 3.59. The molecule has 0 spiro atoms. The Morgan fingerprint density at radius 1 is 0.886 bits per heavy atom. The largest absolute Gasteiger partial charge is 0.524 e. The van der Waals surface area contributed by atoms with Crippen molar-refractivity contribution in [2.45, 2.75) is 132 Å². The van der Waals surface area contributed by atoms with Crippen molar-refractivity contribution < 1.29 is 23.6 Å². The second-order valence-electron chi connectivity index (χ2n) is 12.0. The third-order valence-corrected chi connectivity index (χ3v) is 8.47. The third-order valence-electron chi connectivity index (χ3n) is 8.05. The number of hydrogen-bond acceptors (Lipinski definition) is 3. The van der Waals surface area contributed by atoms with Gasteiger partial charge in [0.1, 0.15) is 17.1 Å². The highest BCUT2D eigenvalue weighted by molar-refractivity contribution is 7.46. The molecule has 2 N–H and O–H groups in total. The van der Waals surface area contributed by atoms with Gasteiger partial charge < -0.3 is 9.26 Å². The second kappa shape index (κ2) is 13.0. The van der Waals surface area contributed by atoms with Gasteiger partial charge in [0.2, 0.25) is 0 Å². The summed E-state index contributed by atoms with van der Waals surface area (Å²) < 4.78 is 23.1. The molecule has 1 aliphatic heterocycles.